The zero-order valence-corrected chi connectivity index (χ0v) is 20.4. The van der Waals surface area contributed by atoms with Crippen molar-refractivity contribution in [3.63, 3.8) is 0 Å². The number of nitrogens with zero attached hydrogens (tertiary/aromatic N) is 2. The zero-order valence-electron chi connectivity index (χ0n) is 20.4. The van der Waals surface area contributed by atoms with E-state index in [1.54, 1.807) is 6.07 Å². The summed E-state index contributed by atoms with van der Waals surface area (Å²) in [5.74, 6) is 0.145. The van der Waals surface area contributed by atoms with Gasteiger partial charge in [-0.05, 0) is 87.1 Å². The van der Waals surface area contributed by atoms with Crippen LogP contribution in [0.3, 0.4) is 0 Å². The second kappa shape index (κ2) is 11.3. The Morgan fingerprint density at radius 1 is 0.972 bits per heavy atom. The van der Waals surface area contributed by atoms with Crippen molar-refractivity contribution in [2.75, 3.05) is 38.5 Å². The Morgan fingerprint density at radius 3 is 2.28 bits per heavy atom. The zero-order chi connectivity index (χ0) is 25.7. The summed E-state index contributed by atoms with van der Waals surface area (Å²) in [4.78, 5) is 29.6. The molecule has 2 fully saturated rings. The van der Waals surface area contributed by atoms with Gasteiger partial charge < -0.3 is 19.9 Å². The quantitative estimate of drug-likeness (QED) is 0.615. The molecule has 0 saturated carbocycles. The maximum atomic E-state index is 12.9. The van der Waals surface area contributed by atoms with Gasteiger partial charge in [-0.15, -0.1) is 13.2 Å². The molecule has 2 aromatic rings. The molecule has 1 N–H and O–H groups in total. The van der Waals surface area contributed by atoms with Crippen LogP contribution in [0.1, 0.15) is 42.7 Å². The van der Waals surface area contributed by atoms with E-state index in [9.17, 15) is 22.8 Å². The summed E-state index contributed by atoms with van der Waals surface area (Å²) < 4.78 is 41.2. The van der Waals surface area contributed by atoms with Gasteiger partial charge in [0, 0.05) is 24.7 Å². The lowest BCUT2D eigenvalue weighted by Crippen LogP contribution is -2.44. The predicted octanol–water partition coefficient (Wildman–Crippen LogP) is 4.81. The number of halogens is 3. The van der Waals surface area contributed by atoms with Crippen LogP contribution in [0.4, 0.5) is 18.9 Å². The maximum Gasteiger partial charge on any atom is 0.573 e. The van der Waals surface area contributed by atoms with Crippen LogP contribution in [-0.2, 0) is 16.0 Å². The lowest BCUT2D eigenvalue weighted by molar-refractivity contribution is -0.274. The van der Waals surface area contributed by atoms with Crippen LogP contribution in [0, 0.1) is 5.92 Å². The Kier molecular flexibility index (Phi) is 8.18. The molecule has 4 rings (SSSR count). The minimum atomic E-state index is -4.78. The summed E-state index contributed by atoms with van der Waals surface area (Å²) in [5.41, 5.74) is 2.23. The summed E-state index contributed by atoms with van der Waals surface area (Å²) in [6.07, 6.45) is -1.13. The SMILES string of the molecule is CN1CCC(C(=O)N2CCC(c3ccc(NC(=O)Cc4cccc(OC(F)(F)F)c4)cc3)CC2)CC1. The molecular weight excluding hydrogens is 471 g/mol. The molecule has 36 heavy (non-hydrogen) atoms. The molecule has 0 radical (unpaired) electrons. The number of benzene rings is 2. The standard InChI is InChI=1S/C27H32F3N3O3/c1-32-13-9-22(10-14-32)26(35)33-15-11-21(12-16-33)20-5-7-23(8-6-20)31-25(34)18-19-3-2-4-24(17-19)36-27(28,29)30/h2-8,17,21-22H,9-16,18H2,1H3,(H,31,34). The topological polar surface area (TPSA) is 61.9 Å². The highest BCUT2D eigenvalue weighted by Crippen LogP contribution is 2.31. The van der Waals surface area contributed by atoms with Crippen LogP contribution < -0.4 is 10.1 Å². The molecule has 194 valence electrons. The normalized spacial score (nSPS) is 18.2. The van der Waals surface area contributed by atoms with Crippen molar-refractivity contribution in [2.45, 2.75) is 44.4 Å². The third-order valence-corrected chi connectivity index (χ3v) is 7.04. The number of carbonyl (C=O) groups is 2. The van der Waals surface area contributed by atoms with E-state index in [4.69, 9.17) is 0 Å². The van der Waals surface area contributed by atoms with Crippen molar-refractivity contribution >= 4 is 17.5 Å². The Labute approximate surface area is 209 Å². The average Bonchev–Trinajstić information content (AvgIpc) is 2.84. The van der Waals surface area contributed by atoms with Gasteiger partial charge in [0.1, 0.15) is 5.75 Å². The molecule has 6 nitrogen and oxygen atoms in total. The van der Waals surface area contributed by atoms with Gasteiger partial charge in [-0.2, -0.15) is 0 Å². The van der Waals surface area contributed by atoms with E-state index in [1.807, 2.05) is 29.2 Å². The highest BCUT2D eigenvalue weighted by Gasteiger charge is 2.32. The largest absolute Gasteiger partial charge is 0.573 e. The van der Waals surface area contributed by atoms with Crippen LogP contribution >= 0.6 is 0 Å². The molecule has 0 bridgehead atoms. The van der Waals surface area contributed by atoms with Gasteiger partial charge in [0.05, 0.1) is 6.42 Å². The van der Waals surface area contributed by atoms with Crippen molar-refractivity contribution in [1.29, 1.82) is 0 Å². The van der Waals surface area contributed by atoms with E-state index in [1.165, 1.54) is 23.8 Å². The summed E-state index contributed by atoms with van der Waals surface area (Å²) in [6, 6.07) is 13.1. The fourth-order valence-corrected chi connectivity index (χ4v) is 5.03. The van der Waals surface area contributed by atoms with E-state index in [-0.39, 0.29) is 24.0 Å². The third kappa shape index (κ3) is 7.22. The second-order valence-corrected chi connectivity index (χ2v) is 9.72. The molecule has 9 heteroatoms. The number of anilines is 1. The Hall–Kier alpha value is -3.07. The molecule has 2 aliphatic rings. The van der Waals surface area contributed by atoms with Gasteiger partial charge in [0.2, 0.25) is 11.8 Å². The van der Waals surface area contributed by atoms with E-state index in [2.05, 4.69) is 22.0 Å². The lowest BCUT2D eigenvalue weighted by atomic mass is 9.88. The summed E-state index contributed by atoms with van der Waals surface area (Å²) >= 11 is 0. The van der Waals surface area contributed by atoms with Gasteiger partial charge in [0.15, 0.2) is 0 Å². The molecule has 2 aromatic carbocycles. The molecule has 0 spiro atoms. The number of ether oxygens (including phenoxy) is 1. The Morgan fingerprint density at radius 2 is 1.64 bits per heavy atom. The first-order valence-corrected chi connectivity index (χ1v) is 12.4. The smallest absolute Gasteiger partial charge is 0.406 e. The van der Waals surface area contributed by atoms with Crippen LogP contribution in [0.2, 0.25) is 0 Å². The average molecular weight is 504 g/mol. The molecule has 0 aliphatic carbocycles. The molecule has 2 heterocycles. The number of amides is 2. The summed E-state index contributed by atoms with van der Waals surface area (Å²) in [7, 11) is 2.10. The first kappa shape index (κ1) is 26.0. The van der Waals surface area contributed by atoms with E-state index in [0.29, 0.717) is 23.1 Å². The second-order valence-electron chi connectivity index (χ2n) is 9.72. The van der Waals surface area contributed by atoms with Crippen molar-refractivity contribution in [1.82, 2.24) is 9.80 Å². The highest BCUT2D eigenvalue weighted by molar-refractivity contribution is 5.92. The molecule has 0 unspecified atom stereocenters. The van der Waals surface area contributed by atoms with Crippen LogP contribution in [0.5, 0.6) is 5.75 Å². The van der Waals surface area contributed by atoms with Crippen LogP contribution in [-0.4, -0.2) is 61.2 Å². The van der Waals surface area contributed by atoms with Crippen molar-refractivity contribution in [2.24, 2.45) is 5.92 Å². The molecule has 2 aliphatic heterocycles. The lowest BCUT2D eigenvalue weighted by Gasteiger charge is -2.36. The number of rotatable bonds is 6. The highest BCUT2D eigenvalue weighted by atomic mass is 19.4. The van der Waals surface area contributed by atoms with Crippen molar-refractivity contribution < 1.29 is 27.5 Å². The monoisotopic (exact) mass is 503 g/mol. The minimum absolute atomic E-state index is 0.0689. The fourth-order valence-electron chi connectivity index (χ4n) is 5.03. The minimum Gasteiger partial charge on any atom is -0.406 e. The van der Waals surface area contributed by atoms with Crippen molar-refractivity contribution in [3.05, 3.63) is 59.7 Å². The number of carbonyl (C=O) groups excluding carboxylic acids is 2. The van der Waals surface area contributed by atoms with E-state index in [0.717, 1.165) is 51.9 Å². The molecule has 2 amide bonds. The van der Waals surface area contributed by atoms with Gasteiger partial charge >= 0.3 is 6.36 Å². The van der Waals surface area contributed by atoms with Crippen LogP contribution in [0.15, 0.2) is 48.5 Å². The van der Waals surface area contributed by atoms with E-state index < -0.39 is 6.36 Å². The van der Waals surface area contributed by atoms with Crippen LogP contribution in [0.25, 0.3) is 0 Å². The molecule has 2 saturated heterocycles. The number of alkyl halides is 3. The number of piperidine rings is 2. The number of hydrogen-bond donors (Lipinski definition) is 1. The van der Waals surface area contributed by atoms with Gasteiger partial charge in [0.25, 0.3) is 0 Å². The molecule has 0 atom stereocenters. The predicted molar refractivity (Wildman–Crippen MR) is 131 cm³/mol. The Bertz CT molecular complexity index is 1040. The molecular formula is C27H32F3N3O3. The molecule has 0 aromatic heterocycles. The summed E-state index contributed by atoms with van der Waals surface area (Å²) in [6.45, 7) is 3.50. The van der Waals surface area contributed by atoms with Gasteiger partial charge in [-0.3, -0.25) is 9.59 Å². The van der Waals surface area contributed by atoms with E-state index >= 15 is 0 Å². The van der Waals surface area contributed by atoms with Gasteiger partial charge in [-0.25, -0.2) is 0 Å². The van der Waals surface area contributed by atoms with Gasteiger partial charge in [-0.1, -0.05) is 24.3 Å². The fraction of sp³-hybridized carbons (Fsp3) is 0.481. The first-order valence-electron chi connectivity index (χ1n) is 12.4. The summed E-state index contributed by atoms with van der Waals surface area (Å²) in [5, 5.41) is 2.79. The number of likely N-dealkylation sites (tertiary alicyclic amines) is 2. The Balaban J connectivity index is 1.25. The maximum absolute atomic E-state index is 12.9. The van der Waals surface area contributed by atoms with Crippen molar-refractivity contribution in [3.8, 4) is 5.75 Å². The first-order chi connectivity index (χ1) is 17.2. The number of hydrogen-bond acceptors (Lipinski definition) is 4. The number of nitrogens with one attached hydrogen (secondary N) is 1. The third-order valence-electron chi connectivity index (χ3n) is 7.04.